The molecule has 26 heavy (non-hydrogen) atoms. The number of halogens is 2. The van der Waals surface area contributed by atoms with Crippen molar-refractivity contribution < 1.29 is 13.2 Å². The van der Waals surface area contributed by atoms with E-state index in [9.17, 15) is 8.42 Å². The van der Waals surface area contributed by atoms with Crippen LogP contribution in [0.4, 0.5) is 5.82 Å². The first-order valence-electron chi connectivity index (χ1n) is 7.72. The van der Waals surface area contributed by atoms with E-state index in [1.165, 1.54) is 0 Å². The van der Waals surface area contributed by atoms with Crippen LogP contribution < -0.4 is 9.46 Å². The van der Waals surface area contributed by atoms with Gasteiger partial charge in [-0.1, -0.05) is 41.4 Å². The normalized spacial score (nSPS) is 15.2. The molecular formula is C17H13Cl2N3O3S. The second-order valence-electron chi connectivity index (χ2n) is 5.70. The number of nitrogens with one attached hydrogen (secondary N) is 1. The molecule has 0 fully saturated rings. The number of sulfonamides is 1. The van der Waals surface area contributed by atoms with Crippen LogP contribution in [0.15, 0.2) is 48.7 Å². The van der Waals surface area contributed by atoms with Gasteiger partial charge in [0.15, 0.2) is 0 Å². The highest BCUT2D eigenvalue weighted by molar-refractivity contribution is 7.92. The van der Waals surface area contributed by atoms with Crippen LogP contribution in [0.1, 0.15) is 0 Å². The summed E-state index contributed by atoms with van der Waals surface area (Å²) in [5.74, 6) is 1.52. The van der Waals surface area contributed by atoms with Gasteiger partial charge in [-0.15, -0.1) is 0 Å². The van der Waals surface area contributed by atoms with Crippen molar-refractivity contribution in [3.8, 4) is 22.8 Å². The van der Waals surface area contributed by atoms with E-state index < -0.39 is 10.0 Å². The molecule has 0 aliphatic carbocycles. The van der Waals surface area contributed by atoms with Gasteiger partial charge >= 0.3 is 0 Å². The molecule has 0 spiro atoms. The molecule has 3 heterocycles. The molecule has 0 saturated heterocycles. The van der Waals surface area contributed by atoms with E-state index in [0.29, 0.717) is 28.6 Å². The Hall–Kier alpha value is -2.22. The Morgan fingerprint density at radius 2 is 1.85 bits per heavy atom. The minimum absolute atomic E-state index is 0.0541. The van der Waals surface area contributed by atoms with Gasteiger partial charge in [0, 0.05) is 6.54 Å². The summed E-state index contributed by atoms with van der Waals surface area (Å²) < 4.78 is 33.7. The number of anilines is 1. The zero-order chi connectivity index (χ0) is 18.3. The predicted molar refractivity (Wildman–Crippen MR) is 102 cm³/mol. The van der Waals surface area contributed by atoms with E-state index in [2.05, 4.69) is 9.71 Å². The predicted octanol–water partition coefficient (Wildman–Crippen LogP) is 4.40. The third-order valence-electron chi connectivity index (χ3n) is 3.95. The number of pyridine rings is 1. The van der Waals surface area contributed by atoms with E-state index in [0.717, 1.165) is 0 Å². The summed E-state index contributed by atoms with van der Waals surface area (Å²) in [6.07, 6.45) is 1.55. The molecule has 9 heteroatoms. The van der Waals surface area contributed by atoms with Gasteiger partial charge in [0.05, 0.1) is 28.2 Å². The Labute approximate surface area is 160 Å². The molecule has 4 rings (SSSR count). The van der Waals surface area contributed by atoms with Crippen LogP contribution in [-0.2, 0) is 16.6 Å². The van der Waals surface area contributed by atoms with Crippen LogP contribution in [0.2, 0.25) is 10.2 Å². The maximum absolute atomic E-state index is 11.9. The fourth-order valence-corrected chi connectivity index (χ4v) is 4.32. The molecule has 1 aliphatic heterocycles. The van der Waals surface area contributed by atoms with E-state index in [1.807, 2.05) is 30.3 Å². The minimum Gasteiger partial charge on any atom is -0.456 e. The lowest BCUT2D eigenvalue weighted by molar-refractivity contribution is 0.480. The van der Waals surface area contributed by atoms with Crippen molar-refractivity contribution in [1.29, 1.82) is 0 Å². The van der Waals surface area contributed by atoms with Crippen molar-refractivity contribution in [3.63, 3.8) is 0 Å². The summed E-state index contributed by atoms with van der Waals surface area (Å²) in [5, 5.41) is 0.543. The first-order valence-corrected chi connectivity index (χ1v) is 10.1. The molecule has 2 aromatic heterocycles. The summed E-state index contributed by atoms with van der Waals surface area (Å²) in [6.45, 7) is 0.235. The smallest absolute Gasteiger partial charge is 0.235 e. The zero-order valence-electron chi connectivity index (χ0n) is 13.3. The molecule has 134 valence electrons. The summed E-state index contributed by atoms with van der Waals surface area (Å²) in [4.78, 5) is 4.36. The van der Waals surface area contributed by atoms with Gasteiger partial charge in [-0.25, -0.2) is 8.42 Å². The Bertz CT molecular complexity index is 1060. The summed E-state index contributed by atoms with van der Waals surface area (Å²) >= 11 is 12.6. The van der Waals surface area contributed by atoms with Crippen molar-refractivity contribution in [2.75, 3.05) is 10.5 Å². The van der Waals surface area contributed by atoms with E-state index in [1.54, 1.807) is 22.9 Å². The van der Waals surface area contributed by atoms with Crippen molar-refractivity contribution >= 4 is 39.0 Å². The highest BCUT2D eigenvalue weighted by Crippen LogP contribution is 2.43. The molecule has 0 amide bonds. The number of benzene rings is 1. The molecule has 0 atom stereocenters. The maximum Gasteiger partial charge on any atom is 0.235 e. The van der Waals surface area contributed by atoms with Crippen molar-refractivity contribution in [1.82, 2.24) is 9.55 Å². The van der Waals surface area contributed by atoms with Gasteiger partial charge in [-0.05, 0) is 24.3 Å². The van der Waals surface area contributed by atoms with Crippen LogP contribution in [0.25, 0.3) is 11.3 Å². The SMILES string of the molecule is O=S1(=O)CCn2c(Cl)c(Cl)c(-c3ccc(Oc4ccccc4)cn3)c2N1. The average molecular weight is 410 g/mol. The average Bonchev–Trinajstić information content (AvgIpc) is 2.86. The first kappa shape index (κ1) is 17.2. The molecule has 0 unspecified atom stereocenters. The summed E-state index contributed by atoms with van der Waals surface area (Å²) in [7, 11) is -3.42. The maximum atomic E-state index is 11.9. The van der Waals surface area contributed by atoms with Gasteiger partial charge in [0.2, 0.25) is 10.0 Å². The zero-order valence-corrected chi connectivity index (χ0v) is 15.6. The third-order valence-corrected chi connectivity index (χ3v) is 6.03. The number of aromatic nitrogens is 2. The topological polar surface area (TPSA) is 73.2 Å². The van der Waals surface area contributed by atoms with Gasteiger partial charge in [0.1, 0.15) is 22.5 Å². The number of hydrogen-bond acceptors (Lipinski definition) is 4. The van der Waals surface area contributed by atoms with E-state index >= 15 is 0 Å². The van der Waals surface area contributed by atoms with Crippen LogP contribution in [0, 0.1) is 0 Å². The Morgan fingerprint density at radius 1 is 1.08 bits per heavy atom. The summed E-state index contributed by atoms with van der Waals surface area (Å²) in [5.41, 5.74) is 0.946. The summed E-state index contributed by atoms with van der Waals surface area (Å²) in [6, 6.07) is 12.8. The molecule has 3 aromatic rings. The lowest BCUT2D eigenvalue weighted by atomic mass is 10.2. The number of para-hydroxylation sites is 1. The van der Waals surface area contributed by atoms with Crippen molar-refractivity contribution in [3.05, 3.63) is 58.8 Å². The molecule has 1 aliphatic rings. The van der Waals surface area contributed by atoms with Gasteiger partial charge in [-0.2, -0.15) is 0 Å². The molecule has 6 nitrogen and oxygen atoms in total. The molecule has 0 saturated carbocycles. The molecule has 1 N–H and O–H groups in total. The van der Waals surface area contributed by atoms with Crippen LogP contribution >= 0.6 is 23.2 Å². The highest BCUT2D eigenvalue weighted by atomic mass is 35.5. The molecule has 0 radical (unpaired) electrons. The van der Waals surface area contributed by atoms with E-state index in [4.69, 9.17) is 27.9 Å². The largest absolute Gasteiger partial charge is 0.456 e. The Morgan fingerprint density at radius 3 is 2.54 bits per heavy atom. The molecular weight excluding hydrogens is 397 g/mol. The Kier molecular flexibility index (Phi) is 4.30. The minimum atomic E-state index is -3.42. The highest BCUT2D eigenvalue weighted by Gasteiger charge is 2.29. The van der Waals surface area contributed by atoms with Gasteiger partial charge < -0.3 is 9.30 Å². The van der Waals surface area contributed by atoms with Crippen LogP contribution in [-0.4, -0.2) is 23.7 Å². The number of ether oxygens (including phenoxy) is 1. The second-order valence-corrected chi connectivity index (χ2v) is 8.27. The van der Waals surface area contributed by atoms with Crippen molar-refractivity contribution in [2.45, 2.75) is 6.54 Å². The van der Waals surface area contributed by atoms with Gasteiger partial charge in [-0.3, -0.25) is 9.71 Å². The Balaban J connectivity index is 1.70. The number of rotatable bonds is 3. The van der Waals surface area contributed by atoms with E-state index in [-0.39, 0.29) is 22.5 Å². The number of nitrogens with zero attached hydrogens (tertiary/aromatic N) is 2. The second kappa shape index (κ2) is 6.50. The monoisotopic (exact) mass is 409 g/mol. The first-order chi connectivity index (χ1) is 12.4. The molecule has 1 aromatic carbocycles. The lowest BCUT2D eigenvalue weighted by Crippen LogP contribution is -2.27. The van der Waals surface area contributed by atoms with Crippen LogP contribution in [0.3, 0.4) is 0 Å². The fraction of sp³-hybridized carbons (Fsp3) is 0.118. The molecule has 0 bridgehead atoms. The van der Waals surface area contributed by atoms with Crippen molar-refractivity contribution in [2.24, 2.45) is 0 Å². The standard InChI is InChI=1S/C17H13Cl2N3O3S/c18-15-14(17-21-26(23,24)9-8-22(17)16(15)19)13-7-6-12(10-20-13)25-11-4-2-1-3-5-11/h1-7,10,21H,8-9H2. The van der Waals surface area contributed by atoms with Crippen LogP contribution in [0.5, 0.6) is 11.5 Å². The fourth-order valence-electron chi connectivity index (χ4n) is 2.73. The van der Waals surface area contributed by atoms with Gasteiger partial charge in [0.25, 0.3) is 0 Å². The lowest BCUT2D eigenvalue weighted by Gasteiger charge is -2.19. The number of fused-ring (bicyclic) bond motifs is 1. The number of hydrogen-bond donors (Lipinski definition) is 1. The quantitative estimate of drug-likeness (QED) is 0.695. The third kappa shape index (κ3) is 3.13.